The minimum atomic E-state index is -0.142. The van der Waals surface area contributed by atoms with Crippen molar-refractivity contribution in [1.82, 2.24) is 15.3 Å². The lowest BCUT2D eigenvalue weighted by molar-refractivity contribution is -0.123. The smallest absolute Gasteiger partial charge is 0.250 e. The minimum Gasteiger partial charge on any atom is -0.368 e. The zero-order valence-electron chi connectivity index (χ0n) is 11.7. The van der Waals surface area contributed by atoms with Crippen LogP contribution in [0.1, 0.15) is 12.8 Å². The highest BCUT2D eigenvalue weighted by molar-refractivity contribution is 5.93. The summed E-state index contributed by atoms with van der Waals surface area (Å²) in [6.45, 7) is 1.99. The summed E-state index contributed by atoms with van der Waals surface area (Å²) in [6.07, 6.45) is 5.37. The summed E-state index contributed by atoms with van der Waals surface area (Å²) in [6, 6.07) is 5.47. The van der Waals surface area contributed by atoms with Crippen molar-refractivity contribution in [1.29, 1.82) is 0 Å². The van der Waals surface area contributed by atoms with Crippen LogP contribution in [-0.4, -0.2) is 41.7 Å². The number of carbonyl (C=O) groups is 1. The summed E-state index contributed by atoms with van der Waals surface area (Å²) in [5.41, 5.74) is 2.28. The van der Waals surface area contributed by atoms with Crippen LogP contribution in [0, 0.1) is 0 Å². The normalized spacial score (nSPS) is 16.0. The number of rotatable bonds is 4. The van der Waals surface area contributed by atoms with Gasteiger partial charge in [-0.1, -0.05) is 0 Å². The first kappa shape index (κ1) is 13.9. The number of ether oxygens (including phenoxy) is 1. The Morgan fingerprint density at radius 2 is 2.00 bits per heavy atom. The molecule has 2 heterocycles. The second-order valence-electron chi connectivity index (χ2n) is 5.07. The van der Waals surface area contributed by atoms with E-state index in [-0.39, 0.29) is 18.6 Å². The molecule has 2 aromatic rings. The Balaban J connectivity index is 1.55. The van der Waals surface area contributed by atoms with Gasteiger partial charge in [0.2, 0.25) is 5.91 Å². The Labute approximate surface area is 122 Å². The number of anilines is 1. The lowest BCUT2D eigenvalue weighted by Crippen LogP contribution is -2.34. The van der Waals surface area contributed by atoms with Gasteiger partial charge >= 0.3 is 0 Å². The maximum atomic E-state index is 11.9. The summed E-state index contributed by atoms with van der Waals surface area (Å²) >= 11 is 0. The first-order valence-electron chi connectivity index (χ1n) is 7.14. The van der Waals surface area contributed by atoms with Crippen molar-refractivity contribution in [2.45, 2.75) is 18.9 Å². The molecule has 1 aromatic heterocycles. The Hall–Kier alpha value is -2.05. The molecule has 1 aliphatic rings. The van der Waals surface area contributed by atoms with Crippen molar-refractivity contribution in [3.8, 4) is 0 Å². The van der Waals surface area contributed by atoms with Crippen molar-refractivity contribution < 1.29 is 9.53 Å². The topological polar surface area (TPSA) is 76.1 Å². The molecule has 3 rings (SSSR count). The largest absolute Gasteiger partial charge is 0.368 e. The van der Waals surface area contributed by atoms with Crippen molar-refractivity contribution >= 4 is 22.6 Å². The number of hydrogen-bond donors (Lipinski definition) is 2. The summed E-state index contributed by atoms with van der Waals surface area (Å²) in [7, 11) is 0. The highest BCUT2D eigenvalue weighted by atomic mass is 16.5. The van der Waals surface area contributed by atoms with Crippen LogP contribution in [0.15, 0.2) is 30.6 Å². The average Bonchev–Trinajstić information content (AvgIpc) is 2.54. The fourth-order valence-electron chi connectivity index (χ4n) is 2.39. The molecule has 21 heavy (non-hydrogen) atoms. The maximum absolute atomic E-state index is 11.9. The molecule has 1 aromatic carbocycles. The molecule has 0 radical (unpaired) electrons. The summed E-state index contributed by atoms with van der Waals surface area (Å²) in [4.78, 5) is 20.3. The number of hydrogen-bond acceptors (Lipinski definition) is 5. The summed E-state index contributed by atoms with van der Waals surface area (Å²) in [5.74, 6) is -0.142. The molecule has 0 aliphatic carbocycles. The Kier molecular flexibility index (Phi) is 4.37. The van der Waals surface area contributed by atoms with Gasteiger partial charge in [0.15, 0.2) is 0 Å². The van der Waals surface area contributed by atoms with Gasteiger partial charge in [0.1, 0.15) is 6.61 Å². The first-order valence-corrected chi connectivity index (χ1v) is 7.14. The van der Waals surface area contributed by atoms with Gasteiger partial charge in [0.25, 0.3) is 0 Å². The quantitative estimate of drug-likeness (QED) is 0.887. The van der Waals surface area contributed by atoms with Gasteiger partial charge in [-0.05, 0) is 44.1 Å². The third-order valence-electron chi connectivity index (χ3n) is 3.49. The van der Waals surface area contributed by atoms with E-state index in [4.69, 9.17) is 4.74 Å². The second-order valence-corrected chi connectivity index (χ2v) is 5.07. The number of amides is 1. The Morgan fingerprint density at radius 1 is 1.24 bits per heavy atom. The average molecular weight is 286 g/mol. The molecular weight excluding hydrogens is 268 g/mol. The van der Waals surface area contributed by atoms with Gasteiger partial charge in [-0.2, -0.15) is 0 Å². The van der Waals surface area contributed by atoms with Crippen LogP contribution < -0.4 is 10.6 Å². The van der Waals surface area contributed by atoms with E-state index < -0.39 is 0 Å². The molecule has 0 saturated carbocycles. The third-order valence-corrected chi connectivity index (χ3v) is 3.49. The second kappa shape index (κ2) is 6.60. The maximum Gasteiger partial charge on any atom is 0.250 e. The lowest BCUT2D eigenvalue weighted by Gasteiger charge is -2.22. The van der Waals surface area contributed by atoms with Crippen molar-refractivity contribution in [2.75, 3.05) is 25.0 Å². The molecule has 1 amide bonds. The van der Waals surface area contributed by atoms with Crippen LogP contribution in [0.4, 0.5) is 5.69 Å². The van der Waals surface area contributed by atoms with Gasteiger partial charge < -0.3 is 15.4 Å². The fourth-order valence-corrected chi connectivity index (χ4v) is 2.39. The molecule has 0 spiro atoms. The van der Waals surface area contributed by atoms with E-state index in [2.05, 4.69) is 20.6 Å². The molecule has 6 heteroatoms. The van der Waals surface area contributed by atoms with Crippen molar-refractivity contribution in [3.05, 3.63) is 30.6 Å². The standard InChI is InChI=1S/C15H18N4O2/c20-15(10-21-12-3-5-16-6-4-12)19-11-1-2-13-14(9-11)18-8-7-17-13/h1-2,7-9,12,16H,3-6,10H2,(H,19,20). The van der Waals surface area contributed by atoms with Crippen LogP contribution >= 0.6 is 0 Å². The summed E-state index contributed by atoms with van der Waals surface area (Å²) < 4.78 is 5.62. The Morgan fingerprint density at radius 3 is 2.81 bits per heavy atom. The Bertz CT molecular complexity index is 626. The van der Waals surface area contributed by atoms with Gasteiger partial charge in [-0.15, -0.1) is 0 Å². The van der Waals surface area contributed by atoms with E-state index in [9.17, 15) is 4.79 Å². The number of nitrogens with zero attached hydrogens (tertiary/aromatic N) is 2. The zero-order valence-corrected chi connectivity index (χ0v) is 11.7. The van der Waals surface area contributed by atoms with Crippen LogP contribution in [0.5, 0.6) is 0 Å². The minimum absolute atomic E-state index is 0.0865. The molecular formula is C15H18N4O2. The predicted octanol–water partition coefficient (Wildman–Crippen LogP) is 1.34. The fraction of sp³-hybridized carbons (Fsp3) is 0.400. The highest BCUT2D eigenvalue weighted by Crippen LogP contribution is 2.15. The van der Waals surface area contributed by atoms with E-state index in [1.807, 2.05) is 18.2 Å². The van der Waals surface area contributed by atoms with E-state index in [0.717, 1.165) is 37.0 Å². The number of carbonyl (C=O) groups excluding carboxylic acids is 1. The summed E-state index contributed by atoms with van der Waals surface area (Å²) in [5, 5.41) is 6.09. The molecule has 1 saturated heterocycles. The van der Waals surface area contributed by atoms with Gasteiger partial charge in [-0.25, -0.2) is 0 Å². The van der Waals surface area contributed by atoms with Crippen molar-refractivity contribution in [2.24, 2.45) is 0 Å². The molecule has 2 N–H and O–H groups in total. The van der Waals surface area contributed by atoms with E-state index >= 15 is 0 Å². The lowest BCUT2D eigenvalue weighted by atomic mass is 10.1. The van der Waals surface area contributed by atoms with Crippen molar-refractivity contribution in [3.63, 3.8) is 0 Å². The van der Waals surface area contributed by atoms with Gasteiger partial charge in [0, 0.05) is 18.1 Å². The van der Waals surface area contributed by atoms with Crippen LogP contribution in [0.3, 0.4) is 0 Å². The number of nitrogens with one attached hydrogen (secondary N) is 2. The number of benzene rings is 1. The molecule has 1 aliphatic heterocycles. The van der Waals surface area contributed by atoms with Gasteiger partial charge in [0.05, 0.1) is 17.1 Å². The van der Waals surface area contributed by atoms with Gasteiger partial charge in [-0.3, -0.25) is 14.8 Å². The number of piperidine rings is 1. The van der Waals surface area contributed by atoms with Crippen LogP contribution in [0.2, 0.25) is 0 Å². The van der Waals surface area contributed by atoms with E-state index in [1.165, 1.54) is 0 Å². The molecule has 110 valence electrons. The van der Waals surface area contributed by atoms with Crippen LogP contribution in [-0.2, 0) is 9.53 Å². The highest BCUT2D eigenvalue weighted by Gasteiger charge is 2.14. The van der Waals surface area contributed by atoms with E-state index in [0.29, 0.717) is 5.69 Å². The molecule has 0 bridgehead atoms. The molecule has 6 nitrogen and oxygen atoms in total. The SMILES string of the molecule is O=C(COC1CCNCC1)Nc1ccc2nccnc2c1. The molecule has 1 fully saturated rings. The number of fused-ring (bicyclic) bond motifs is 1. The zero-order chi connectivity index (χ0) is 14.5. The van der Waals surface area contributed by atoms with Crippen LogP contribution in [0.25, 0.3) is 11.0 Å². The number of aromatic nitrogens is 2. The first-order chi connectivity index (χ1) is 10.3. The third kappa shape index (κ3) is 3.74. The monoisotopic (exact) mass is 286 g/mol. The molecule has 0 unspecified atom stereocenters. The molecule has 0 atom stereocenters. The van der Waals surface area contributed by atoms with E-state index in [1.54, 1.807) is 12.4 Å². The predicted molar refractivity (Wildman–Crippen MR) is 80.0 cm³/mol.